The Balaban J connectivity index is 1.60. The lowest BCUT2D eigenvalue weighted by Gasteiger charge is -2.26. The van der Waals surface area contributed by atoms with Crippen LogP contribution in [0.25, 0.3) is 11.0 Å². The Kier molecular flexibility index (Phi) is 5.46. The monoisotopic (exact) mass is 379 g/mol. The van der Waals surface area contributed by atoms with Crippen LogP contribution in [0.4, 0.5) is 0 Å². The van der Waals surface area contributed by atoms with Gasteiger partial charge in [-0.3, -0.25) is 4.90 Å². The SMILES string of the molecule is Cc1c(CN2CCOCC2)c(=O)oc2cc(OC(C)c3ccccc3)ccc12. The van der Waals surface area contributed by atoms with E-state index < -0.39 is 0 Å². The molecule has 4 rings (SSSR count). The van der Waals surface area contributed by atoms with E-state index in [1.165, 1.54) is 0 Å². The second-order valence-corrected chi connectivity index (χ2v) is 7.21. The first-order valence-electron chi connectivity index (χ1n) is 9.70. The topological polar surface area (TPSA) is 51.9 Å². The highest BCUT2D eigenvalue weighted by Gasteiger charge is 2.18. The lowest BCUT2D eigenvalue weighted by Crippen LogP contribution is -2.37. The molecular weight excluding hydrogens is 354 g/mol. The normalized spacial score (nSPS) is 16.2. The van der Waals surface area contributed by atoms with E-state index >= 15 is 0 Å². The number of aryl methyl sites for hydroxylation is 1. The maximum atomic E-state index is 12.6. The van der Waals surface area contributed by atoms with Gasteiger partial charge in [-0.05, 0) is 37.1 Å². The van der Waals surface area contributed by atoms with Gasteiger partial charge in [-0.15, -0.1) is 0 Å². The van der Waals surface area contributed by atoms with Crippen LogP contribution in [0.5, 0.6) is 5.75 Å². The quantitative estimate of drug-likeness (QED) is 0.626. The zero-order valence-corrected chi connectivity index (χ0v) is 16.3. The minimum Gasteiger partial charge on any atom is -0.486 e. The van der Waals surface area contributed by atoms with E-state index in [1.807, 2.05) is 62.4 Å². The van der Waals surface area contributed by atoms with Gasteiger partial charge in [-0.25, -0.2) is 4.79 Å². The number of morpholine rings is 1. The van der Waals surface area contributed by atoms with Crippen LogP contribution >= 0.6 is 0 Å². The summed E-state index contributed by atoms with van der Waals surface area (Å²) in [6, 6.07) is 15.8. The fraction of sp³-hybridized carbons (Fsp3) is 0.348. The van der Waals surface area contributed by atoms with E-state index in [2.05, 4.69) is 4.90 Å². The van der Waals surface area contributed by atoms with Crippen LogP contribution in [-0.2, 0) is 11.3 Å². The van der Waals surface area contributed by atoms with Crippen molar-refractivity contribution in [3.8, 4) is 5.75 Å². The smallest absolute Gasteiger partial charge is 0.341 e. The van der Waals surface area contributed by atoms with Gasteiger partial charge >= 0.3 is 5.63 Å². The molecule has 1 fully saturated rings. The van der Waals surface area contributed by atoms with Crippen LogP contribution < -0.4 is 10.4 Å². The number of benzene rings is 2. The molecule has 0 saturated carbocycles. The lowest BCUT2D eigenvalue weighted by molar-refractivity contribution is 0.0337. The summed E-state index contributed by atoms with van der Waals surface area (Å²) in [6.07, 6.45) is -0.0907. The molecule has 1 aliphatic heterocycles. The molecule has 1 aromatic heterocycles. The van der Waals surface area contributed by atoms with Crippen LogP contribution in [0.3, 0.4) is 0 Å². The Hall–Kier alpha value is -2.63. The molecular formula is C23H25NO4. The van der Waals surface area contributed by atoms with E-state index in [0.717, 1.165) is 35.2 Å². The molecule has 1 atom stereocenters. The first kappa shape index (κ1) is 18.7. The predicted molar refractivity (Wildman–Crippen MR) is 109 cm³/mol. The van der Waals surface area contributed by atoms with Crippen molar-refractivity contribution in [2.24, 2.45) is 0 Å². The first-order valence-corrected chi connectivity index (χ1v) is 9.70. The molecule has 0 amide bonds. The van der Waals surface area contributed by atoms with Gasteiger partial charge in [0.05, 0.1) is 18.8 Å². The van der Waals surface area contributed by atoms with Gasteiger partial charge < -0.3 is 13.9 Å². The van der Waals surface area contributed by atoms with Crippen molar-refractivity contribution in [1.82, 2.24) is 4.90 Å². The number of hydrogen-bond acceptors (Lipinski definition) is 5. The molecule has 0 N–H and O–H groups in total. The Morgan fingerprint density at radius 3 is 2.61 bits per heavy atom. The standard InChI is InChI=1S/C23H25NO4/c1-16-20-9-8-19(27-17(2)18-6-4-3-5-7-18)14-22(20)28-23(25)21(16)15-24-10-12-26-13-11-24/h3-9,14,17H,10-13,15H2,1-2H3. The highest BCUT2D eigenvalue weighted by Crippen LogP contribution is 2.28. The molecule has 0 radical (unpaired) electrons. The van der Waals surface area contributed by atoms with Crippen molar-refractivity contribution >= 4 is 11.0 Å². The van der Waals surface area contributed by atoms with Gasteiger partial charge in [-0.1, -0.05) is 30.3 Å². The van der Waals surface area contributed by atoms with Crippen LogP contribution in [0, 0.1) is 6.92 Å². The minimum absolute atomic E-state index is 0.0907. The summed E-state index contributed by atoms with van der Waals surface area (Å²) in [5.74, 6) is 0.687. The highest BCUT2D eigenvalue weighted by atomic mass is 16.5. The third-order valence-electron chi connectivity index (χ3n) is 5.33. The zero-order chi connectivity index (χ0) is 19.5. The average molecular weight is 379 g/mol. The third kappa shape index (κ3) is 3.96. The Bertz CT molecular complexity index is 1010. The van der Waals surface area contributed by atoms with E-state index in [9.17, 15) is 4.79 Å². The molecule has 0 aliphatic carbocycles. The molecule has 5 heteroatoms. The third-order valence-corrected chi connectivity index (χ3v) is 5.33. The number of ether oxygens (including phenoxy) is 2. The number of hydrogen-bond donors (Lipinski definition) is 0. The Morgan fingerprint density at radius 1 is 1.11 bits per heavy atom. The predicted octanol–water partition coefficient (Wildman–Crippen LogP) is 4.07. The van der Waals surface area contributed by atoms with Crippen LogP contribution in [0.1, 0.15) is 29.7 Å². The molecule has 2 aromatic carbocycles. The fourth-order valence-corrected chi connectivity index (χ4v) is 3.61. The van der Waals surface area contributed by atoms with Crippen molar-refractivity contribution in [1.29, 1.82) is 0 Å². The highest BCUT2D eigenvalue weighted by molar-refractivity contribution is 5.82. The Labute approximate surface area is 164 Å². The van der Waals surface area contributed by atoms with Crippen LogP contribution in [0.2, 0.25) is 0 Å². The summed E-state index contributed by atoms with van der Waals surface area (Å²) < 4.78 is 17.1. The summed E-state index contributed by atoms with van der Waals surface area (Å²) >= 11 is 0. The van der Waals surface area contributed by atoms with E-state index in [-0.39, 0.29) is 11.7 Å². The van der Waals surface area contributed by atoms with Gasteiger partial charge in [0.2, 0.25) is 0 Å². The maximum Gasteiger partial charge on any atom is 0.341 e. The van der Waals surface area contributed by atoms with E-state index in [0.29, 0.717) is 31.1 Å². The molecule has 0 spiro atoms. The second kappa shape index (κ2) is 8.17. The molecule has 1 unspecified atom stereocenters. The summed E-state index contributed by atoms with van der Waals surface area (Å²) in [6.45, 7) is 7.67. The Morgan fingerprint density at radius 2 is 1.86 bits per heavy atom. The number of fused-ring (bicyclic) bond motifs is 1. The van der Waals surface area contributed by atoms with Gasteiger partial charge in [0.1, 0.15) is 17.4 Å². The van der Waals surface area contributed by atoms with Gasteiger partial charge in [0.25, 0.3) is 0 Å². The minimum atomic E-state index is -0.273. The molecule has 146 valence electrons. The van der Waals surface area contributed by atoms with Crippen LogP contribution in [0.15, 0.2) is 57.7 Å². The lowest BCUT2D eigenvalue weighted by atomic mass is 10.1. The summed E-state index contributed by atoms with van der Waals surface area (Å²) in [4.78, 5) is 14.8. The molecule has 2 heterocycles. The zero-order valence-electron chi connectivity index (χ0n) is 16.3. The van der Waals surface area contributed by atoms with Gasteiger partial charge in [0, 0.05) is 31.1 Å². The summed E-state index contributed by atoms with van der Waals surface area (Å²) in [5, 5.41) is 0.947. The molecule has 1 aliphatic rings. The van der Waals surface area contributed by atoms with Crippen molar-refractivity contribution in [3.63, 3.8) is 0 Å². The van der Waals surface area contributed by atoms with Crippen LogP contribution in [-0.4, -0.2) is 31.2 Å². The average Bonchev–Trinajstić information content (AvgIpc) is 2.72. The molecule has 3 aromatic rings. The van der Waals surface area contributed by atoms with Crippen molar-refractivity contribution in [3.05, 3.63) is 75.6 Å². The van der Waals surface area contributed by atoms with Crippen molar-refractivity contribution in [2.75, 3.05) is 26.3 Å². The largest absolute Gasteiger partial charge is 0.486 e. The van der Waals surface area contributed by atoms with Gasteiger partial charge in [-0.2, -0.15) is 0 Å². The molecule has 5 nitrogen and oxygen atoms in total. The number of nitrogens with zero attached hydrogens (tertiary/aromatic N) is 1. The summed E-state index contributed by atoms with van der Waals surface area (Å²) in [7, 11) is 0. The maximum absolute atomic E-state index is 12.6. The molecule has 28 heavy (non-hydrogen) atoms. The fourth-order valence-electron chi connectivity index (χ4n) is 3.61. The van der Waals surface area contributed by atoms with Crippen molar-refractivity contribution < 1.29 is 13.9 Å². The van der Waals surface area contributed by atoms with Gasteiger partial charge in [0.15, 0.2) is 0 Å². The van der Waals surface area contributed by atoms with E-state index in [1.54, 1.807) is 0 Å². The van der Waals surface area contributed by atoms with E-state index in [4.69, 9.17) is 13.9 Å². The second-order valence-electron chi connectivity index (χ2n) is 7.21. The molecule has 1 saturated heterocycles. The number of rotatable bonds is 5. The first-order chi connectivity index (χ1) is 13.6. The summed E-state index contributed by atoms with van der Waals surface area (Å²) in [5.41, 5.74) is 3.08. The van der Waals surface area contributed by atoms with Crippen molar-refractivity contribution in [2.45, 2.75) is 26.5 Å². The molecule has 0 bridgehead atoms.